The summed E-state index contributed by atoms with van der Waals surface area (Å²) in [5.41, 5.74) is 2.39. The smallest absolute Gasteiger partial charge is 0.301 e. The van der Waals surface area contributed by atoms with Gasteiger partial charge in [0.1, 0.15) is 5.82 Å². The molecule has 4 rings (SSSR count). The number of aryl methyl sites for hydroxylation is 2. The normalized spacial score (nSPS) is 15.7. The fourth-order valence-electron chi connectivity index (χ4n) is 3.93. The molecule has 1 aliphatic heterocycles. The maximum absolute atomic E-state index is 12.4. The van der Waals surface area contributed by atoms with Gasteiger partial charge in [0.25, 0.3) is 5.91 Å². The van der Waals surface area contributed by atoms with Crippen LogP contribution in [0.25, 0.3) is 22.8 Å². The Labute approximate surface area is 186 Å². The highest BCUT2D eigenvalue weighted by Crippen LogP contribution is 2.27. The van der Waals surface area contributed by atoms with Crippen molar-refractivity contribution in [3.63, 3.8) is 0 Å². The molecule has 1 saturated heterocycles. The van der Waals surface area contributed by atoms with Gasteiger partial charge in [0.05, 0.1) is 11.2 Å². The zero-order valence-electron chi connectivity index (χ0n) is 17.4. The summed E-state index contributed by atoms with van der Waals surface area (Å²) in [6.45, 7) is 2.71. The molecule has 0 bridgehead atoms. The van der Waals surface area contributed by atoms with E-state index in [-0.39, 0.29) is 0 Å². The zero-order valence-corrected chi connectivity index (χ0v) is 18.9. The molecule has 164 valence electrons. The Balaban J connectivity index is 1.62. The van der Waals surface area contributed by atoms with Gasteiger partial charge < -0.3 is 4.57 Å². The highest BCUT2D eigenvalue weighted by molar-refractivity contribution is 7.87. The molecule has 0 saturated carbocycles. The number of carbonyl (C=O) groups excluding carboxylic acids is 1. The molecule has 2 aromatic heterocycles. The maximum Gasteiger partial charge on any atom is 0.304 e. The molecule has 1 N–H and O–H groups in total. The summed E-state index contributed by atoms with van der Waals surface area (Å²) in [7, 11) is -2.01. The summed E-state index contributed by atoms with van der Waals surface area (Å²) in [6, 6.07) is 7.57. The Morgan fingerprint density at radius 2 is 1.94 bits per heavy atom. The summed E-state index contributed by atoms with van der Waals surface area (Å²) in [5, 5.41) is 6.11. The summed E-state index contributed by atoms with van der Waals surface area (Å²) in [4.78, 5) is 12.4. The van der Waals surface area contributed by atoms with E-state index in [1.54, 1.807) is 10.8 Å². The molecule has 1 fully saturated rings. The molecule has 1 aliphatic rings. The maximum atomic E-state index is 12.4. The topological polar surface area (TPSA) is 89.2 Å². The van der Waals surface area contributed by atoms with Crippen molar-refractivity contribution in [2.75, 3.05) is 13.1 Å². The van der Waals surface area contributed by atoms with Gasteiger partial charge in [-0.05, 0) is 50.1 Å². The third-order valence-corrected chi connectivity index (χ3v) is 7.14. The fourth-order valence-corrected chi connectivity index (χ4v) is 5.30. The van der Waals surface area contributed by atoms with Crippen LogP contribution in [-0.2, 0) is 22.1 Å². The lowest BCUT2D eigenvalue weighted by Gasteiger charge is -2.25. The second-order valence-electron chi connectivity index (χ2n) is 7.60. The molecule has 0 radical (unpaired) electrons. The molecule has 0 spiro atoms. The third-order valence-electron chi connectivity index (χ3n) is 5.40. The third kappa shape index (κ3) is 4.39. The molecule has 3 aromatic rings. The standard InChI is InChI=1S/C21H24ClN5O3S/c1-15-18(7-9-20(28)24-31(29,30)26-11-4-3-5-12-26)21(25(2)23-15)27-13-10-16-14-17(22)6-8-19(16)27/h6-10,13-14H,3-5,11-12H2,1-2H3,(H,24,28). The molecular formula is C21H24ClN5O3S. The van der Waals surface area contributed by atoms with E-state index in [1.807, 2.05) is 49.0 Å². The number of halogens is 1. The first-order chi connectivity index (χ1) is 14.8. The molecule has 8 nitrogen and oxygen atoms in total. The molecule has 31 heavy (non-hydrogen) atoms. The van der Waals surface area contributed by atoms with Crippen molar-refractivity contribution in [2.24, 2.45) is 7.05 Å². The van der Waals surface area contributed by atoms with Crippen molar-refractivity contribution in [1.82, 2.24) is 23.4 Å². The minimum atomic E-state index is -3.83. The predicted octanol–water partition coefficient (Wildman–Crippen LogP) is 3.19. The van der Waals surface area contributed by atoms with E-state index in [4.69, 9.17) is 11.6 Å². The van der Waals surface area contributed by atoms with Crippen molar-refractivity contribution in [2.45, 2.75) is 26.2 Å². The van der Waals surface area contributed by atoms with Crippen LogP contribution in [0.1, 0.15) is 30.5 Å². The van der Waals surface area contributed by atoms with Gasteiger partial charge in [-0.1, -0.05) is 18.0 Å². The molecule has 10 heteroatoms. The van der Waals surface area contributed by atoms with Crippen molar-refractivity contribution in [3.05, 3.63) is 52.8 Å². The Kier molecular flexibility index (Phi) is 5.92. The van der Waals surface area contributed by atoms with E-state index in [9.17, 15) is 13.2 Å². The van der Waals surface area contributed by atoms with Gasteiger partial charge in [-0.25, -0.2) is 4.72 Å². The van der Waals surface area contributed by atoms with E-state index in [0.717, 1.165) is 47.2 Å². The summed E-state index contributed by atoms with van der Waals surface area (Å²) < 4.78 is 32.0. The molecule has 0 unspecified atom stereocenters. The van der Waals surface area contributed by atoms with Crippen LogP contribution in [0.15, 0.2) is 36.5 Å². The number of hydrogen-bond acceptors (Lipinski definition) is 4. The number of fused-ring (bicyclic) bond motifs is 1. The van der Waals surface area contributed by atoms with Crippen LogP contribution in [-0.4, -0.2) is 46.1 Å². The average Bonchev–Trinajstić information content (AvgIpc) is 3.25. The van der Waals surface area contributed by atoms with E-state index in [2.05, 4.69) is 9.82 Å². The Morgan fingerprint density at radius 1 is 1.19 bits per heavy atom. The number of amides is 1. The predicted molar refractivity (Wildman–Crippen MR) is 121 cm³/mol. The average molecular weight is 462 g/mol. The highest BCUT2D eigenvalue weighted by Gasteiger charge is 2.25. The molecule has 0 atom stereocenters. The first kappa shape index (κ1) is 21.6. The van der Waals surface area contributed by atoms with Gasteiger partial charge >= 0.3 is 10.2 Å². The Hall–Kier alpha value is -2.62. The van der Waals surface area contributed by atoms with E-state index < -0.39 is 16.1 Å². The van der Waals surface area contributed by atoms with E-state index in [1.165, 1.54) is 10.4 Å². The van der Waals surface area contributed by atoms with Crippen LogP contribution in [0.3, 0.4) is 0 Å². The molecule has 0 aliphatic carbocycles. The van der Waals surface area contributed by atoms with E-state index >= 15 is 0 Å². The number of hydrogen-bond donors (Lipinski definition) is 1. The van der Waals surface area contributed by atoms with Gasteiger partial charge in [-0.15, -0.1) is 0 Å². The minimum absolute atomic E-state index is 0.433. The second-order valence-corrected chi connectivity index (χ2v) is 9.71. The summed E-state index contributed by atoms with van der Waals surface area (Å²) >= 11 is 6.10. The van der Waals surface area contributed by atoms with Crippen LogP contribution in [0.4, 0.5) is 0 Å². The first-order valence-corrected chi connectivity index (χ1v) is 11.9. The van der Waals surface area contributed by atoms with Crippen molar-refractivity contribution >= 4 is 44.7 Å². The minimum Gasteiger partial charge on any atom is -0.301 e. The first-order valence-electron chi connectivity index (χ1n) is 10.1. The van der Waals surface area contributed by atoms with Gasteiger partial charge in [0, 0.05) is 48.4 Å². The molecule has 1 aromatic carbocycles. The molecule has 3 heterocycles. The Bertz CT molecular complexity index is 1270. The second kappa shape index (κ2) is 8.49. The van der Waals surface area contributed by atoms with E-state index in [0.29, 0.717) is 18.1 Å². The van der Waals surface area contributed by atoms with Crippen molar-refractivity contribution < 1.29 is 13.2 Å². The Morgan fingerprint density at radius 3 is 2.68 bits per heavy atom. The number of rotatable bonds is 5. The number of benzene rings is 1. The lowest BCUT2D eigenvalue weighted by molar-refractivity contribution is -0.114. The highest BCUT2D eigenvalue weighted by atomic mass is 35.5. The lowest BCUT2D eigenvalue weighted by atomic mass is 10.2. The van der Waals surface area contributed by atoms with Gasteiger partial charge in [0.15, 0.2) is 0 Å². The van der Waals surface area contributed by atoms with Gasteiger partial charge in [0.2, 0.25) is 0 Å². The van der Waals surface area contributed by atoms with Crippen molar-refractivity contribution in [3.8, 4) is 5.82 Å². The number of nitrogens with one attached hydrogen (secondary N) is 1. The van der Waals surface area contributed by atoms with Crippen LogP contribution < -0.4 is 4.72 Å². The largest absolute Gasteiger partial charge is 0.304 e. The number of carbonyl (C=O) groups is 1. The van der Waals surface area contributed by atoms with Crippen LogP contribution in [0.2, 0.25) is 5.02 Å². The fraction of sp³-hybridized carbons (Fsp3) is 0.333. The van der Waals surface area contributed by atoms with Gasteiger partial charge in [-0.3, -0.25) is 9.48 Å². The molecular weight excluding hydrogens is 438 g/mol. The summed E-state index contributed by atoms with van der Waals surface area (Å²) in [5.74, 6) is 0.0710. The van der Waals surface area contributed by atoms with Crippen LogP contribution in [0.5, 0.6) is 0 Å². The van der Waals surface area contributed by atoms with Crippen molar-refractivity contribution in [1.29, 1.82) is 0 Å². The SMILES string of the molecule is Cc1nn(C)c(-n2ccc3cc(Cl)ccc32)c1C=CC(=O)NS(=O)(=O)N1CCCCC1. The number of nitrogens with zero attached hydrogens (tertiary/aromatic N) is 4. The van der Waals surface area contributed by atoms with Crippen LogP contribution in [0, 0.1) is 6.92 Å². The van der Waals surface area contributed by atoms with Gasteiger partial charge in [-0.2, -0.15) is 17.8 Å². The van der Waals surface area contributed by atoms with Crippen LogP contribution >= 0.6 is 11.6 Å². The monoisotopic (exact) mass is 461 g/mol. The number of piperidine rings is 1. The summed E-state index contributed by atoms with van der Waals surface area (Å²) in [6.07, 6.45) is 7.36. The lowest BCUT2D eigenvalue weighted by Crippen LogP contribution is -2.45. The molecule has 1 amide bonds. The quantitative estimate of drug-likeness (QED) is 0.591. The zero-order chi connectivity index (χ0) is 22.2. The number of aromatic nitrogens is 3.